The molecule has 100 valence electrons. The van der Waals surface area contributed by atoms with Crippen LogP contribution in [0.5, 0.6) is 0 Å². The van der Waals surface area contributed by atoms with Crippen LogP contribution in [0.3, 0.4) is 0 Å². The maximum absolute atomic E-state index is 12.9. The molecule has 0 radical (unpaired) electrons. The molecule has 0 aliphatic carbocycles. The lowest BCUT2D eigenvalue weighted by molar-refractivity contribution is 0.104. The Morgan fingerprint density at radius 2 is 1.81 bits per heavy atom. The highest BCUT2D eigenvalue weighted by molar-refractivity contribution is 6.19. The highest BCUT2D eigenvalue weighted by Crippen LogP contribution is 2.22. The topological polar surface area (TPSA) is 47.3 Å². The third kappa shape index (κ3) is 1.80. The lowest BCUT2D eigenvalue weighted by Crippen LogP contribution is -2.02. The minimum Gasteiger partial charge on any atom is -0.288 e. The summed E-state index contributed by atoms with van der Waals surface area (Å²) in [4.78, 5) is 16.9. The van der Waals surface area contributed by atoms with Crippen LogP contribution in [0.4, 0.5) is 0 Å². The van der Waals surface area contributed by atoms with Crippen molar-refractivity contribution in [3.05, 3.63) is 78.4 Å². The van der Waals surface area contributed by atoms with Crippen molar-refractivity contribution in [1.29, 1.82) is 0 Å². The van der Waals surface area contributed by atoms with Gasteiger partial charge in [-0.3, -0.25) is 9.78 Å². The highest BCUT2D eigenvalue weighted by Gasteiger charge is 2.16. The van der Waals surface area contributed by atoms with Gasteiger partial charge >= 0.3 is 0 Å². The maximum atomic E-state index is 12.9. The second kappa shape index (κ2) is 4.52. The first-order valence-electron chi connectivity index (χ1n) is 6.64. The zero-order valence-corrected chi connectivity index (χ0v) is 11.1. The van der Waals surface area contributed by atoms with E-state index in [9.17, 15) is 4.79 Å². The molecule has 0 aliphatic rings. The van der Waals surface area contributed by atoms with Crippen LogP contribution in [0.1, 0.15) is 15.9 Å². The number of hydrogen-bond acceptors (Lipinski definition) is 3. The molecule has 2 heterocycles. The molecule has 0 atom stereocenters. The van der Waals surface area contributed by atoms with Crippen LogP contribution < -0.4 is 0 Å². The molecule has 0 amide bonds. The van der Waals surface area contributed by atoms with Crippen LogP contribution in [0.25, 0.3) is 16.3 Å². The van der Waals surface area contributed by atoms with Crippen molar-refractivity contribution in [1.82, 2.24) is 14.6 Å². The Morgan fingerprint density at radius 1 is 0.952 bits per heavy atom. The second-order valence-corrected chi connectivity index (χ2v) is 4.82. The number of fused-ring (bicyclic) bond motifs is 2. The number of carbonyl (C=O) groups is 1. The quantitative estimate of drug-likeness (QED) is 0.527. The molecule has 0 bridgehead atoms. The van der Waals surface area contributed by atoms with Crippen molar-refractivity contribution in [2.45, 2.75) is 0 Å². The molecule has 0 spiro atoms. The van der Waals surface area contributed by atoms with Crippen molar-refractivity contribution in [2.24, 2.45) is 0 Å². The third-order valence-electron chi connectivity index (χ3n) is 3.60. The molecular weight excluding hydrogens is 262 g/mol. The Kier molecular flexibility index (Phi) is 2.54. The van der Waals surface area contributed by atoms with E-state index in [2.05, 4.69) is 10.1 Å². The van der Waals surface area contributed by atoms with E-state index in [-0.39, 0.29) is 5.78 Å². The molecule has 4 nitrogen and oxygen atoms in total. The summed E-state index contributed by atoms with van der Waals surface area (Å²) in [6.07, 6.45) is 6.63. The van der Waals surface area contributed by atoms with Crippen molar-refractivity contribution in [3.8, 4) is 0 Å². The van der Waals surface area contributed by atoms with Crippen molar-refractivity contribution < 1.29 is 4.79 Å². The van der Waals surface area contributed by atoms with Crippen LogP contribution in [-0.2, 0) is 0 Å². The van der Waals surface area contributed by atoms with Crippen molar-refractivity contribution >= 4 is 22.1 Å². The van der Waals surface area contributed by atoms with Gasteiger partial charge in [-0.15, -0.1) is 0 Å². The van der Waals surface area contributed by atoms with E-state index < -0.39 is 0 Å². The predicted molar refractivity (Wildman–Crippen MR) is 80.4 cm³/mol. The van der Waals surface area contributed by atoms with E-state index in [0.29, 0.717) is 11.1 Å². The second-order valence-electron chi connectivity index (χ2n) is 4.82. The fraction of sp³-hybridized carbons (Fsp3) is 0. The molecule has 21 heavy (non-hydrogen) atoms. The van der Waals surface area contributed by atoms with E-state index in [4.69, 9.17) is 0 Å². The van der Waals surface area contributed by atoms with E-state index in [0.717, 1.165) is 16.3 Å². The lowest BCUT2D eigenvalue weighted by Gasteiger charge is -2.04. The summed E-state index contributed by atoms with van der Waals surface area (Å²) in [7, 11) is 0. The van der Waals surface area contributed by atoms with E-state index in [1.165, 1.54) is 0 Å². The summed E-state index contributed by atoms with van der Waals surface area (Å²) in [6, 6.07) is 13.6. The van der Waals surface area contributed by atoms with Crippen LogP contribution in [0, 0.1) is 0 Å². The Balaban J connectivity index is 1.95. The minimum absolute atomic E-state index is 0.0326. The molecule has 2 aromatic carbocycles. The average molecular weight is 273 g/mol. The monoisotopic (exact) mass is 273 g/mol. The van der Waals surface area contributed by atoms with E-state index >= 15 is 0 Å². The SMILES string of the molecule is O=C(c1cccc2ccccc12)c1cnn2ccncc12. The molecule has 0 aliphatic heterocycles. The number of rotatable bonds is 2. The van der Waals surface area contributed by atoms with Gasteiger partial charge in [0, 0.05) is 18.0 Å². The van der Waals surface area contributed by atoms with Gasteiger partial charge in [-0.1, -0.05) is 42.5 Å². The summed E-state index contributed by atoms with van der Waals surface area (Å²) in [6.45, 7) is 0. The van der Waals surface area contributed by atoms with Gasteiger partial charge in [0.15, 0.2) is 5.78 Å². The highest BCUT2D eigenvalue weighted by atomic mass is 16.1. The van der Waals surface area contributed by atoms with Gasteiger partial charge < -0.3 is 0 Å². The number of aromatic nitrogens is 3. The first-order chi connectivity index (χ1) is 10.3. The molecule has 2 aromatic heterocycles. The predicted octanol–water partition coefficient (Wildman–Crippen LogP) is 3.11. The van der Waals surface area contributed by atoms with Crippen molar-refractivity contribution in [2.75, 3.05) is 0 Å². The Labute approximate surface area is 120 Å². The first kappa shape index (κ1) is 11.8. The standard InChI is InChI=1S/C17H11N3O/c21-17(15-10-19-20-9-8-18-11-16(15)20)14-7-3-5-12-4-1-2-6-13(12)14/h1-11H. The first-order valence-corrected chi connectivity index (χ1v) is 6.64. The third-order valence-corrected chi connectivity index (χ3v) is 3.60. The summed E-state index contributed by atoms with van der Waals surface area (Å²) in [5.41, 5.74) is 1.97. The number of benzene rings is 2. The van der Waals surface area contributed by atoms with Gasteiger partial charge in [0.2, 0.25) is 0 Å². The van der Waals surface area contributed by atoms with Gasteiger partial charge in [0.05, 0.1) is 23.5 Å². The molecule has 0 unspecified atom stereocenters. The Morgan fingerprint density at radius 3 is 2.76 bits per heavy atom. The molecule has 0 saturated carbocycles. The summed E-state index contributed by atoms with van der Waals surface area (Å²) >= 11 is 0. The molecular formula is C17H11N3O. The summed E-state index contributed by atoms with van der Waals surface area (Å²) in [5.74, 6) is -0.0326. The maximum Gasteiger partial charge on any atom is 0.197 e. The lowest BCUT2D eigenvalue weighted by atomic mass is 9.98. The van der Waals surface area contributed by atoms with E-state index in [1.54, 1.807) is 29.3 Å². The van der Waals surface area contributed by atoms with Gasteiger partial charge in [-0.05, 0) is 10.8 Å². The Bertz CT molecular complexity index is 967. The number of hydrogen-bond donors (Lipinski definition) is 0. The Hall–Kier alpha value is -3.01. The zero-order chi connectivity index (χ0) is 14.2. The summed E-state index contributed by atoms with van der Waals surface area (Å²) < 4.78 is 1.66. The van der Waals surface area contributed by atoms with Gasteiger partial charge in [0.25, 0.3) is 0 Å². The summed E-state index contributed by atoms with van der Waals surface area (Å²) in [5, 5.41) is 6.21. The molecule has 4 heteroatoms. The molecule has 0 N–H and O–H groups in total. The fourth-order valence-corrected chi connectivity index (χ4v) is 2.58. The average Bonchev–Trinajstić information content (AvgIpc) is 2.98. The van der Waals surface area contributed by atoms with Crippen molar-refractivity contribution in [3.63, 3.8) is 0 Å². The van der Waals surface area contributed by atoms with Crippen LogP contribution in [-0.4, -0.2) is 20.4 Å². The van der Waals surface area contributed by atoms with E-state index in [1.807, 2.05) is 42.5 Å². The van der Waals surface area contributed by atoms with Crippen LogP contribution >= 0.6 is 0 Å². The number of nitrogens with zero attached hydrogens (tertiary/aromatic N) is 3. The number of carbonyl (C=O) groups excluding carboxylic acids is 1. The fourth-order valence-electron chi connectivity index (χ4n) is 2.58. The molecule has 0 fully saturated rings. The van der Waals surface area contributed by atoms with Gasteiger partial charge in [0.1, 0.15) is 0 Å². The smallest absolute Gasteiger partial charge is 0.197 e. The van der Waals surface area contributed by atoms with Crippen LogP contribution in [0.2, 0.25) is 0 Å². The van der Waals surface area contributed by atoms with Gasteiger partial charge in [-0.2, -0.15) is 5.10 Å². The van der Waals surface area contributed by atoms with Gasteiger partial charge in [-0.25, -0.2) is 4.52 Å². The van der Waals surface area contributed by atoms with Crippen LogP contribution in [0.15, 0.2) is 67.3 Å². The number of ketones is 1. The molecule has 4 rings (SSSR count). The molecule has 0 saturated heterocycles. The normalized spacial score (nSPS) is 11.0. The minimum atomic E-state index is -0.0326. The molecule has 4 aromatic rings. The zero-order valence-electron chi connectivity index (χ0n) is 11.1. The largest absolute Gasteiger partial charge is 0.288 e.